The third kappa shape index (κ3) is 1.93. The van der Waals surface area contributed by atoms with E-state index in [9.17, 15) is 0 Å². The van der Waals surface area contributed by atoms with E-state index < -0.39 is 0 Å². The molecule has 0 radical (unpaired) electrons. The fourth-order valence-electron chi connectivity index (χ4n) is 5.67. The SMILES string of the molecule is Cc1c(C2C3CC4CC(C3)CC2C4)n[nH]c1CCCN. The maximum Gasteiger partial charge on any atom is 0.0690 e. The summed E-state index contributed by atoms with van der Waals surface area (Å²) in [6, 6.07) is 0. The Bertz CT molecular complexity index is 462. The van der Waals surface area contributed by atoms with Gasteiger partial charge in [-0.25, -0.2) is 0 Å². The Hall–Kier alpha value is -0.830. The van der Waals surface area contributed by atoms with Crippen molar-refractivity contribution in [3.05, 3.63) is 17.0 Å². The molecule has 3 N–H and O–H groups in total. The van der Waals surface area contributed by atoms with Gasteiger partial charge in [-0.3, -0.25) is 5.10 Å². The number of nitrogens with two attached hydrogens (primary N) is 1. The second kappa shape index (κ2) is 4.87. The minimum atomic E-state index is 0.755. The van der Waals surface area contributed by atoms with Crippen LogP contribution >= 0.6 is 0 Å². The van der Waals surface area contributed by atoms with Crippen LogP contribution in [-0.2, 0) is 6.42 Å². The van der Waals surface area contributed by atoms with E-state index in [4.69, 9.17) is 10.8 Å². The molecule has 4 aliphatic rings. The number of rotatable bonds is 4. The van der Waals surface area contributed by atoms with Gasteiger partial charge in [0.15, 0.2) is 0 Å². The van der Waals surface area contributed by atoms with Crippen LogP contribution in [0.2, 0.25) is 0 Å². The lowest BCUT2D eigenvalue weighted by Crippen LogP contribution is -2.44. The highest BCUT2D eigenvalue weighted by molar-refractivity contribution is 5.29. The summed E-state index contributed by atoms with van der Waals surface area (Å²) in [5.41, 5.74) is 9.82. The number of hydrogen-bond donors (Lipinski definition) is 2. The zero-order chi connectivity index (χ0) is 13.7. The van der Waals surface area contributed by atoms with Crippen molar-refractivity contribution in [2.45, 2.75) is 57.8 Å². The molecule has 0 saturated heterocycles. The van der Waals surface area contributed by atoms with Gasteiger partial charge in [0.2, 0.25) is 0 Å². The summed E-state index contributed by atoms with van der Waals surface area (Å²) >= 11 is 0. The smallest absolute Gasteiger partial charge is 0.0690 e. The first kappa shape index (κ1) is 12.9. The van der Waals surface area contributed by atoms with Crippen LogP contribution in [0.4, 0.5) is 0 Å². The highest BCUT2D eigenvalue weighted by Crippen LogP contribution is 2.59. The molecule has 4 fully saturated rings. The second-order valence-corrected chi connectivity index (χ2v) is 7.56. The fraction of sp³-hybridized carbons (Fsp3) is 0.824. The molecule has 0 spiro atoms. The van der Waals surface area contributed by atoms with E-state index in [0.717, 1.165) is 49.0 Å². The first-order valence-electron chi connectivity index (χ1n) is 8.50. The summed E-state index contributed by atoms with van der Waals surface area (Å²) in [6.45, 7) is 3.04. The van der Waals surface area contributed by atoms with Crippen molar-refractivity contribution in [1.82, 2.24) is 10.2 Å². The largest absolute Gasteiger partial charge is 0.330 e. The van der Waals surface area contributed by atoms with Crippen LogP contribution in [0, 0.1) is 30.6 Å². The van der Waals surface area contributed by atoms with Crippen LogP contribution in [0.25, 0.3) is 0 Å². The number of nitrogens with zero attached hydrogens (tertiary/aromatic N) is 1. The molecule has 0 unspecified atom stereocenters. The molecule has 1 aromatic rings. The summed E-state index contributed by atoms with van der Waals surface area (Å²) in [7, 11) is 0. The van der Waals surface area contributed by atoms with E-state index in [-0.39, 0.29) is 0 Å². The topological polar surface area (TPSA) is 54.7 Å². The van der Waals surface area contributed by atoms with Gasteiger partial charge in [0.25, 0.3) is 0 Å². The average Bonchev–Trinajstić information content (AvgIpc) is 2.77. The number of nitrogens with one attached hydrogen (secondary N) is 1. The molecule has 0 aromatic carbocycles. The lowest BCUT2D eigenvalue weighted by molar-refractivity contribution is -0.00437. The Morgan fingerprint density at radius 1 is 1.10 bits per heavy atom. The number of aromatic nitrogens is 2. The van der Waals surface area contributed by atoms with E-state index in [2.05, 4.69) is 12.0 Å². The van der Waals surface area contributed by atoms with E-state index in [1.807, 2.05) is 0 Å². The Morgan fingerprint density at radius 3 is 2.35 bits per heavy atom. The summed E-state index contributed by atoms with van der Waals surface area (Å²) in [5, 5.41) is 8.06. The molecular weight excluding hydrogens is 246 g/mol. The van der Waals surface area contributed by atoms with Crippen molar-refractivity contribution < 1.29 is 0 Å². The molecule has 110 valence electrons. The Kier molecular flexibility index (Phi) is 3.13. The molecule has 4 bridgehead atoms. The highest BCUT2D eigenvalue weighted by Gasteiger charge is 2.49. The van der Waals surface area contributed by atoms with E-state index in [0.29, 0.717) is 0 Å². The van der Waals surface area contributed by atoms with Gasteiger partial charge < -0.3 is 5.73 Å². The maximum absolute atomic E-state index is 5.64. The second-order valence-electron chi connectivity index (χ2n) is 7.56. The van der Waals surface area contributed by atoms with Crippen molar-refractivity contribution >= 4 is 0 Å². The van der Waals surface area contributed by atoms with E-state index >= 15 is 0 Å². The molecule has 3 heteroatoms. The summed E-state index contributed by atoms with van der Waals surface area (Å²) in [5.74, 6) is 4.70. The molecular formula is C17H27N3. The van der Waals surface area contributed by atoms with E-state index in [1.54, 1.807) is 0 Å². The molecule has 0 amide bonds. The first-order chi connectivity index (χ1) is 9.76. The van der Waals surface area contributed by atoms with Gasteiger partial charge >= 0.3 is 0 Å². The zero-order valence-electron chi connectivity index (χ0n) is 12.6. The Morgan fingerprint density at radius 2 is 1.75 bits per heavy atom. The molecule has 1 aromatic heterocycles. The molecule has 0 aliphatic heterocycles. The van der Waals surface area contributed by atoms with Crippen molar-refractivity contribution in [1.29, 1.82) is 0 Å². The number of aromatic amines is 1. The maximum atomic E-state index is 5.64. The highest BCUT2D eigenvalue weighted by atomic mass is 15.1. The molecule has 5 rings (SSSR count). The van der Waals surface area contributed by atoms with Crippen molar-refractivity contribution in [3.63, 3.8) is 0 Å². The van der Waals surface area contributed by atoms with Crippen LogP contribution in [0.1, 0.15) is 61.4 Å². The van der Waals surface area contributed by atoms with Crippen LogP contribution < -0.4 is 5.73 Å². The quantitative estimate of drug-likeness (QED) is 0.885. The number of hydrogen-bond acceptors (Lipinski definition) is 2. The molecule has 20 heavy (non-hydrogen) atoms. The summed E-state index contributed by atoms with van der Waals surface area (Å²) in [4.78, 5) is 0. The molecule has 3 nitrogen and oxygen atoms in total. The van der Waals surface area contributed by atoms with Crippen molar-refractivity contribution in [2.75, 3.05) is 6.54 Å². The molecule has 4 saturated carbocycles. The van der Waals surface area contributed by atoms with E-state index in [1.165, 1.54) is 49.1 Å². The van der Waals surface area contributed by atoms with Gasteiger partial charge in [-0.15, -0.1) is 0 Å². The third-order valence-corrected chi connectivity index (χ3v) is 6.32. The van der Waals surface area contributed by atoms with Gasteiger partial charge in [-0.2, -0.15) is 5.10 Å². The number of aryl methyl sites for hydroxylation is 1. The van der Waals surface area contributed by atoms with Crippen molar-refractivity contribution in [3.8, 4) is 0 Å². The first-order valence-corrected chi connectivity index (χ1v) is 8.50. The molecule has 4 aliphatic carbocycles. The van der Waals surface area contributed by atoms with Gasteiger partial charge in [0.1, 0.15) is 0 Å². The van der Waals surface area contributed by atoms with Gasteiger partial charge in [-0.05, 0) is 87.6 Å². The lowest BCUT2D eigenvalue weighted by atomic mass is 9.51. The van der Waals surface area contributed by atoms with Gasteiger partial charge in [-0.1, -0.05) is 0 Å². The predicted molar refractivity (Wildman–Crippen MR) is 80.5 cm³/mol. The summed E-state index contributed by atoms with van der Waals surface area (Å²) < 4.78 is 0. The Balaban J connectivity index is 1.60. The minimum absolute atomic E-state index is 0.755. The third-order valence-electron chi connectivity index (χ3n) is 6.32. The van der Waals surface area contributed by atoms with Crippen LogP contribution in [-0.4, -0.2) is 16.7 Å². The Labute approximate surface area is 121 Å². The summed E-state index contributed by atoms with van der Waals surface area (Å²) in [6.07, 6.45) is 9.54. The van der Waals surface area contributed by atoms with Gasteiger partial charge in [0.05, 0.1) is 5.69 Å². The predicted octanol–water partition coefficient (Wildman–Crippen LogP) is 3.15. The van der Waals surface area contributed by atoms with Crippen LogP contribution in [0.5, 0.6) is 0 Å². The van der Waals surface area contributed by atoms with Crippen LogP contribution in [0.3, 0.4) is 0 Å². The molecule has 0 atom stereocenters. The normalized spacial score (nSPS) is 38.6. The molecule has 1 heterocycles. The van der Waals surface area contributed by atoms with Gasteiger partial charge in [0, 0.05) is 11.6 Å². The van der Waals surface area contributed by atoms with Crippen molar-refractivity contribution in [2.24, 2.45) is 29.4 Å². The van der Waals surface area contributed by atoms with Crippen LogP contribution in [0.15, 0.2) is 0 Å². The standard InChI is InChI=1S/C17H27N3/c1-10-15(3-2-4-18)19-20-17(10)16-13-6-11-5-12(8-13)9-14(16)7-11/h11-14,16H,2-9,18H2,1H3,(H,19,20). The zero-order valence-corrected chi connectivity index (χ0v) is 12.6. The minimum Gasteiger partial charge on any atom is -0.330 e. The number of H-pyrrole nitrogens is 1. The monoisotopic (exact) mass is 273 g/mol. The fourth-order valence-corrected chi connectivity index (χ4v) is 5.67. The average molecular weight is 273 g/mol. The lowest BCUT2D eigenvalue weighted by Gasteiger charge is -2.54.